The summed E-state index contributed by atoms with van der Waals surface area (Å²) >= 11 is 0. The lowest BCUT2D eigenvalue weighted by Gasteiger charge is -2.18. The lowest BCUT2D eigenvalue weighted by molar-refractivity contribution is -0.130. The van der Waals surface area contributed by atoms with Gasteiger partial charge in [-0.1, -0.05) is 5.16 Å². The van der Waals surface area contributed by atoms with Crippen molar-refractivity contribution < 1.29 is 14.1 Å². The fourth-order valence-corrected chi connectivity index (χ4v) is 1.64. The highest BCUT2D eigenvalue weighted by Crippen LogP contribution is 2.02. The zero-order valence-electron chi connectivity index (χ0n) is 9.60. The average Bonchev–Trinajstić information content (AvgIpc) is 2.64. The van der Waals surface area contributed by atoms with Crippen molar-refractivity contribution in [1.82, 2.24) is 20.4 Å². The summed E-state index contributed by atoms with van der Waals surface area (Å²) in [7, 11) is 0. The number of hydrogen-bond acceptors (Lipinski definition) is 5. The summed E-state index contributed by atoms with van der Waals surface area (Å²) in [6, 6.07) is 0. The molecular formula is C10H14N4O3. The van der Waals surface area contributed by atoms with Crippen molar-refractivity contribution >= 4 is 11.8 Å². The van der Waals surface area contributed by atoms with Gasteiger partial charge in [0.2, 0.25) is 17.7 Å². The van der Waals surface area contributed by atoms with Crippen LogP contribution in [-0.2, 0) is 16.0 Å². The SMILES string of the molecule is Cc1noc(CCN2CCC(=O)NCC2=O)n1. The Morgan fingerprint density at radius 2 is 2.29 bits per heavy atom. The van der Waals surface area contributed by atoms with E-state index in [0.29, 0.717) is 37.6 Å². The molecule has 92 valence electrons. The van der Waals surface area contributed by atoms with Crippen molar-refractivity contribution in [2.45, 2.75) is 19.8 Å². The van der Waals surface area contributed by atoms with E-state index < -0.39 is 0 Å². The van der Waals surface area contributed by atoms with Crippen molar-refractivity contribution in [3.63, 3.8) is 0 Å². The summed E-state index contributed by atoms with van der Waals surface area (Å²) in [4.78, 5) is 28.4. The van der Waals surface area contributed by atoms with E-state index in [1.807, 2.05) is 0 Å². The number of amides is 2. The molecule has 1 aliphatic heterocycles. The van der Waals surface area contributed by atoms with Gasteiger partial charge in [-0.25, -0.2) is 0 Å². The maximum atomic E-state index is 11.6. The molecule has 1 aromatic heterocycles. The lowest BCUT2D eigenvalue weighted by atomic mass is 10.3. The smallest absolute Gasteiger partial charge is 0.241 e. The quantitative estimate of drug-likeness (QED) is 0.750. The summed E-state index contributed by atoms with van der Waals surface area (Å²) in [6.45, 7) is 2.75. The van der Waals surface area contributed by atoms with Crippen molar-refractivity contribution in [1.29, 1.82) is 0 Å². The van der Waals surface area contributed by atoms with E-state index in [2.05, 4.69) is 15.5 Å². The van der Waals surface area contributed by atoms with Crippen molar-refractivity contribution in [3.05, 3.63) is 11.7 Å². The van der Waals surface area contributed by atoms with Gasteiger partial charge in [0.1, 0.15) is 0 Å². The van der Waals surface area contributed by atoms with Gasteiger partial charge in [0.05, 0.1) is 6.54 Å². The Hall–Kier alpha value is -1.92. The summed E-state index contributed by atoms with van der Waals surface area (Å²) in [5.74, 6) is 0.930. The summed E-state index contributed by atoms with van der Waals surface area (Å²) in [5, 5.41) is 6.22. The first-order valence-corrected chi connectivity index (χ1v) is 5.49. The zero-order valence-corrected chi connectivity index (χ0v) is 9.60. The molecule has 0 spiro atoms. The molecule has 0 unspecified atom stereocenters. The zero-order chi connectivity index (χ0) is 12.3. The van der Waals surface area contributed by atoms with E-state index >= 15 is 0 Å². The molecule has 2 rings (SSSR count). The van der Waals surface area contributed by atoms with Gasteiger partial charge in [-0.15, -0.1) is 0 Å². The van der Waals surface area contributed by atoms with Gasteiger partial charge in [0.15, 0.2) is 5.82 Å². The van der Waals surface area contributed by atoms with Crippen LogP contribution in [0.25, 0.3) is 0 Å². The first-order chi connectivity index (χ1) is 8.15. The number of nitrogens with one attached hydrogen (secondary N) is 1. The average molecular weight is 238 g/mol. The molecular weight excluding hydrogens is 224 g/mol. The van der Waals surface area contributed by atoms with Gasteiger partial charge >= 0.3 is 0 Å². The third kappa shape index (κ3) is 3.02. The highest BCUT2D eigenvalue weighted by Gasteiger charge is 2.20. The standard InChI is InChI=1S/C10H14N4O3/c1-7-12-9(17-13-7)3-5-14-4-2-8(15)11-6-10(14)16/h2-6H2,1H3,(H,11,15). The Kier molecular flexibility index (Phi) is 3.36. The number of carbonyl (C=O) groups excluding carboxylic acids is 2. The van der Waals surface area contributed by atoms with Crippen LogP contribution >= 0.6 is 0 Å². The molecule has 0 radical (unpaired) electrons. The first kappa shape index (κ1) is 11.6. The molecule has 1 saturated heterocycles. The second kappa shape index (κ2) is 4.94. The van der Waals surface area contributed by atoms with Crippen LogP contribution in [0.2, 0.25) is 0 Å². The summed E-state index contributed by atoms with van der Waals surface area (Å²) in [5.41, 5.74) is 0. The van der Waals surface area contributed by atoms with E-state index in [0.717, 1.165) is 0 Å². The molecule has 2 amide bonds. The molecule has 17 heavy (non-hydrogen) atoms. The number of rotatable bonds is 3. The first-order valence-electron chi connectivity index (χ1n) is 5.49. The minimum atomic E-state index is -0.0884. The van der Waals surface area contributed by atoms with Crippen LogP contribution in [-0.4, -0.2) is 46.5 Å². The Morgan fingerprint density at radius 1 is 1.47 bits per heavy atom. The molecule has 2 heterocycles. The van der Waals surface area contributed by atoms with Crippen LogP contribution in [0.5, 0.6) is 0 Å². The summed E-state index contributed by atoms with van der Waals surface area (Å²) in [6.07, 6.45) is 0.857. The van der Waals surface area contributed by atoms with Crippen LogP contribution < -0.4 is 5.32 Å². The molecule has 0 aliphatic carbocycles. The van der Waals surface area contributed by atoms with Crippen molar-refractivity contribution in [2.24, 2.45) is 0 Å². The van der Waals surface area contributed by atoms with Gasteiger partial charge in [-0.2, -0.15) is 4.98 Å². The molecule has 0 atom stereocenters. The predicted molar refractivity (Wildman–Crippen MR) is 56.9 cm³/mol. The normalized spacial score (nSPS) is 16.9. The molecule has 1 N–H and O–H groups in total. The van der Waals surface area contributed by atoms with Gasteiger partial charge in [0, 0.05) is 25.9 Å². The minimum absolute atomic E-state index is 0.0711. The van der Waals surface area contributed by atoms with Gasteiger partial charge in [-0.3, -0.25) is 9.59 Å². The number of hydrogen-bond donors (Lipinski definition) is 1. The number of aryl methyl sites for hydroxylation is 1. The molecule has 7 nitrogen and oxygen atoms in total. The maximum Gasteiger partial charge on any atom is 0.241 e. The fraction of sp³-hybridized carbons (Fsp3) is 0.600. The molecule has 0 aromatic carbocycles. The molecule has 1 fully saturated rings. The number of nitrogens with zero attached hydrogens (tertiary/aromatic N) is 3. The molecule has 0 saturated carbocycles. The van der Waals surface area contributed by atoms with Crippen molar-refractivity contribution in [2.75, 3.05) is 19.6 Å². The maximum absolute atomic E-state index is 11.6. The van der Waals surface area contributed by atoms with Crippen LogP contribution in [0.15, 0.2) is 4.52 Å². The third-order valence-electron chi connectivity index (χ3n) is 2.56. The highest BCUT2D eigenvalue weighted by atomic mass is 16.5. The van der Waals surface area contributed by atoms with E-state index in [4.69, 9.17) is 4.52 Å². The fourth-order valence-electron chi connectivity index (χ4n) is 1.64. The van der Waals surface area contributed by atoms with Gasteiger partial charge in [-0.05, 0) is 6.92 Å². The Morgan fingerprint density at radius 3 is 3.00 bits per heavy atom. The van der Waals surface area contributed by atoms with Gasteiger partial charge in [0.25, 0.3) is 0 Å². The van der Waals surface area contributed by atoms with Crippen LogP contribution in [0, 0.1) is 6.92 Å². The van der Waals surface area contributed by atoms with E-state index in [1.54, 1.807) is 11.8 Å². The second-order valence-electron chi connectivity index (χ2n) is 3.89. The Labute approximate surface area is 98.2 Å². The Bertz CT molecular complexity index is 429. The second-order valence-corrected chi connectivity index (χ2v) is 3.89. The predicted octanol–water partition coefficient (Wildman–Crippen LogP) is -0.731. The third-order valence-corrected chi connectivity index (χ3v) is 2.56. The molecule has 1 aromatic rings. The monoisotopic (exact) mass is 238 g/mol. The van der Waals surface area contributed by atoms with E-state index in [1.165, 1.54) is 0 Å². The van der Waals surface area contributed by atoms with Gasteiger partial charge < -0.3 is 14.7 Å². The van der Waals surface area contributed by atoms with Crippen molar-refractivity contribution in [3.8, 4) is 0 Å². The number of aromatic nitrogens is 2. The molecule has 0 bridgehead atoms. The van der Waals surface area contributed by atoms with E-state index in [9.17, 15) is 9.59 Å². The topological polar surface area (TPSA) is 88.3 Å². The van der Waals surface area contributed by atoms with Crippen LogP contribution in [0.4, 0.5) is 0 Å². The molecule has 1 aliphatic rings. The molecule has 7 heteroatoms. The Balaban J connectivity index is 1.89. The van der Waals surface area contributed by atoms with E-state index in [-0.39, 0.29) is 18.4 Å². The highest BCUT2D eigenvalue weighted by molar-refractivity contribution is 5.87. The lowest BCUT2D eigenvalue weighted by Crippen LogP contribution is -2.36. The summed E-state index contributed by atoms with van der Waals surface area (Å²) < 4.78 is 4.96. The minimum Gasteiger partial charge on any atom is -0.347 e. The van der Waals surface area contributed by atoms with Crippen LogP contribution in [0.3, 0.4) is 0 Å². The van der Waals surface area contributed by atoms with Crippen LogP contribution in [0.1, 0.15) is 18.1 Å². The number of carbonyl (C=O) groups is 2. The largest absolute Gasteiger partial charge is 0.347 e.